The predicted octanol–water partition coefficient (Wildman–Crippen LogP) is 2.46. The molecule has 1 heterocycles. The third-order valence-electron chi connectivity index (χ3n) is 4.78. The average Bonchev–Trinajstić information content (AvgIpc) is 3.07. The minimum absolute atomic E-state index is 0.0720. The zero-order valence-electron chi connectivity index (χ0n) is 17.1. The molecule has 2 atom stereocenters. The molecule has 0 radical (unpaired) electrons. The Kier molecular flexibility index (Phi) is 7.10. The first-order chi connectivity index (χ1) is 14.2. The van der Waals surface area contributed by atoms with Crippen molar-refractivity contribution in [3.63, 3.8) is 0 Å². The van der Waals surface area contributed by atoms with Crippen LogP contribution in [0.25, 0.3) is 10.2 Å². The summed E-state index contributed by atoms with van der Waals surface area (Å²) < 4.78 is 28.7. The molecular formula is C21H28N4O3S2. The molecule has 9 heteroatoms. The largest absolute Gasteiger partial charge is 0.390 e. The summed E-state index contributed by atoms with van der Waals surface area (Å²) in [6.45, 7) is 4.08. The van der Waals surface area contributed by atoms with E-state index in [1.165, 1.54) is 21.7 Å². The SMILES string of the molecule is CC(C)CN(CC(O)C(N)Cc1ccccc1)S(=O)(=O)c1ccc2nc(N)sc2c1. The smallest absolute Gasteiger partial charge is 0.243 e. The van der Waals surface area contributed by atoms with Crippen molar-refractivity contribution in [2.45, 2.75) is 37.3 Å². The van der Waals surface area contributed by atoms with Crippen molar-refractivity contribution in [2.75, 3.05) is 18.8 Å². The van der Waals surface area contributed by atoms with Gasteiger partial charge in [-0.05, 0) is 36.1 Å². The van der Waals surface area contributed by atoms with E-state index < -0.39 is 22.2 Å². The van der Waals surface area contributed by atoms with Crippen molar-refractivity contribution >= 4 is 36.7 Å². The molecule has 0 aliphatic rings. The van der Waals surface area contributed by atoms with Crippen LogP contribution in [0.1, 0.15) is 19.4 Å². The standard InChI is InChI=1S/C21H28N4O3S2/c1-14(2)12-25(13-19(26)17(22)10-15-6-4-3-5-7-15)30(27,28)16-8-9-18-20(11-16)29-21(23)24-18/h3-9,11,14,17,19,26H,10,12-13,22H2,1-2H3,(H2,23,24). The number of fused-ring (bicyclic) bond motifs is 1. The summed E-state index contributed by atoms with van der Waals surface area (Å²) in [4.78, 5) is 4.33. The first-order valence-corrected chi connectivity index (χ1v) is 12.1. The van der Waals surface area contributed by atoms with Gasteiger partial charge in [0, 0.05) is 19.1 Å². The molecule has 2 unspecified atom stereocenters. The van der Waals surface area contributed by atoms with Gasteiger partial charge in [-0.2, -0.15) is 4.31 Å². The molecule has 7 nitrogen and oxygen atoms in total. The second-order valence-corrected chi connectivity index (χ2v) is 10.8. The van der Waals surface area contributed by atoms with Gasteiger partial charge in [-0.3, -0.25) is 0 Å². The highest BCUT2D eigenvalue weighted by atomic mass is 32.2. The van der Waals surface area contributed by atoms with Gasteiger partial charge in [0.1, 0.15) is 0 Å². The van der Waals surface area contributed by atoms with Crippen LogP contribution in [0.3, 0.4) is 0 Å². The fourth-order valence-electron chi connectivity index (χ4n) is 3.28. The van der Waals surface area contributed by atoms with E-state index >= 15 is 0 Å². The quantitative estimate of drug-likeness (QED) is 0.462. The Hall–Kier alpha value is -2.04. The number of benzene rings is 2. The molecule has 0 aliphatic carbocycles. The van der Waals surface area contributed by atoms with Gasteiger partial charge in [-0.1, -0.05) is 55.5 Å². The molecule has 1 aromatic heterocycles. The van der Waals surface area contributed by atoms with E-state index in [1.54, 1.807) is 12.1 Å². The number of hydrogen-bond acceptors (Lipinski definition) is 7. The molecule has 0 aliphatic heterocycles. The molecule has 0 saturated carbocycles. The highest BCUT2D eigenvalue weighted by Crippen LogP contribution is 2.28. The van der Waals surface area contributed by atoms with Crippen LogP contribution in [0.15, 0.2) is 53.4 Å². The van der Waals surface area contributed by atoms with Gasteiger partial charge in [0.25, 0.3) is 0 Å². The monoisotopic (exact) mass is 448 g/mol. The Bertz CT molecular complexity index is 1080. The van der Waals surface area contributed by atoms with Crippen molar-refractivity contribution < 1.29 is 13.5 Å². The number of nitrogens with two attached hydrogens (primary N) is 2. The van der Waals surface area contributed by atoms with Crippen LogP contribution < -0.4 is 11.5 Å². The van der Waals surface area contributed by atoms with Crippen molar-refractivity contribution in [1.82, 2.24) is 9.29 Å². The summed E-state index contributed by atoms with van der Waals surface area (Å²) in [6.07, 6.45) is -0.537. The van der Waals surface area contributed by atoms with Crippen molar-refractivity contribution in [2.24, 2.45) is 11.7 Å². The second kappa shape index (κ2) is 9.40. The molecule has 5 N–H and O–H groups in total. The van der Waals surface area contributed by atoms with E-state index in [-0.39, 0.29) is 23.9 Å². The van der Waals surface area contributed by atoms with Crippen molar-refractivity contribution in [3.05, 3.63) is 54.1 Å². The molecule has 0 saturated heterocycles. The molecule has 0 fully saturated rings. The summed E-state index contributed by atoms with van der Waals surface area (Å²) in [5.74, 6) is 0.0834. The van der Waals surface area contributed by atoms with Gasteiger partial charge in [-0.25, -0.2) is 13.4 Å². The number of anilines is 1. The summed E-state index contributed by atoms with van der Waals surface area (Å²) in [5.41, 5.74) is 13.6. The van der Waals surface area contributed by atoms with Crippen LogP contribution in [-0.4, -0.2) is 48.0 Å². The fraction of sp³-hybridized carbons (Fsp3) is 0.381. The zero-order valence-corrected chi connectivity index (χ0v) is 18.7. The Morgan fingerprint density at radius 3 is 2.50 bits per heavy atom. The molecule has 2 aromatic carbocycles. The lowest BCUT2D eigenvalue weighted by Gasteiger charge is -2.28. The van der Waals surface area contributed by atoms with Crippen LogP contribution in [0.4, 0.5) is 5.13 Å². The van der Waals surface area contributed by atoms with Gasteiger partial charge < -0.3 is 16.6 Å². The van der Waals surface area contributed by atoms with Gasteiger partial charge in [0.2, 0.25) is 10.0 Å². The van der Waals surface area contributed by atoms with Crippen LogP contribution in [0.2, 0.25) is 0 Å². The maximum absolute atomic E-state index is 13.4. The third-order valence-corrected chi connectivity index (χ3v) is 7.46. The maximum atomic E-state index is 13.4. The number of nitrogens with zero attached hydrogens (tertiary/aromatic N) is 2. The van der Waals surface area contributed by atoms with Crippen LogP contribution in [0, 0.1) is 5.92 Å². The molecule has 0 amide bonds. The minimum atomic E-state index is -3.82. The third kappa shape index (κ3) is 5.35. The molecule has 162 valence electrons. The Morgan fingerprint density at radius 1 is 1.13 bits per heavy atom. The predicted molar refractivity (Wildman–Crippen MR) is 122 cm³/mol. The summed E-state index contributed by atoms with van der Waals surface area (Å²) in [5, 5.41) is 11.1. The highest BCUT2D eigenvalue weighted by molar-refractivity contribution is 7.89. The number of sulfonamides is 1. The first kappa shape index (κ1) is 22.6. The number of nitrogen functional groups attached to an aromatic ring is 1. The van der Waals surface area contributed by atoms with Crippen molar-refractivity contribution in [3.8, 4) is 0 Å². The van der Waals surface area contributed by atoms with E-state index in [2.05, 4.69) is 4.98 Å². The maximum Gasteiger partial charge on any atom is 0.243 e. The average molecular weight is 449 g/mol. The van der Waals surface area contributed by atoms with Crippen LogP contribution in [-0.2, 0) is 16.4 Å². The van der Waals surface area contributed by atoms with E-state index in [9.17, 15) is 13.5 Å². The van der Waals surface area contributed by atoms with Gasteiger partial charge in [-0.15, -0.1) is 0 Å². The Morgan fingerprint density at radius 2 is 1.83 bits per heavy atom. The lowest BCUT2D eigenvalue weighted by molar-refractivity contribution is 0.116. The molecule has 3 rings (SSSR count). The Labute approximate surface area is 181 Å². The second-order valence-electron chi connectivity index (χ2n) is 7.82. The topological polar surface area (TPSA) is 123 Å². The van der Waals surface area contributed by atoms with Crippen LogP contribution >= 0.6 is 11.3 Å². The Balaban J connectivity index is 1.82. The number of aliphatic hydroxyl groups excluding tert-OH is 1. The lowest BCUT2D eigenvalue weighted by atomic mass is 10.0. The van der Waals surface area contributed by atoms with E-state index in [0.717, 1.165) is 5.56 Å². The van der Waals surface area contributed by atoms with Gasteiger partial charge in [0.15, 0.2) is 5.13 Å². The highest BCUT2D eigenvalue weighted by Gasteiger charge is 2.29. The normalized spacial score (nSPS) is 14.5. The van der Waals surface area contributed by atoms with Crippen LogP contribution in [0.5, 0.6) is 0 Å². The van der Waals surface area contributed by atoms with Gasteiger partial charge in [0.05, 0.1) is 21.2 Å². The summed E-state index contributed by atoms with van der Waals surface area (Å²) in [7, 11) is -3.82. The molecule has 3 aromatic rings. The number of hydrogen-bond donors (Lipinski definition) is 3. The zero-order chi connectivity index (χ0) is 21.9. The number of rotatable bonds is 9. The number of thiazole rings is 1. The van der Waals surface area contributed by atoms with Crippen molar-refractivity contribution in [1.29, 1.82) is 0 Å². The summed E-state index contributed by atoms with van der Waals surface area (Å²) in [6, 6.07) is 13.8. The fourth-order valence-corrected chi connectivity index (χ4v) is 5.77. The van der Waals surface area contributed by atoms with E-state index in [4.69, 9.17) is 11.5 Å². The summed E-state index contributed by atoms with van der Waals surface area (Å²) >= 11 is 1.24. The van der Waals surface area contributed by atoms with E-state index in [1.807, 2.05) is 44.2 Å². The molecule has 30 heavy (non-hydrogen) atoms. The first-order valence-electron chi connectivity index (χ1n) is 9.80. The van der Waals surface area contributed by atoms with Gasteiger partial charge >= 0.3 is 0 Å². The number of aliphatic hydroxyl groups is 1. The van der Waals surface area contributed by atoms with E-state index in [0.29, 0.717) is 21.8 Å². The molecule has 0 spiro atoms. The minimum Gasteiger partial charge on any atom is -0.390 e. The molecule has 0 bridgehead atoms. The number of aromatic nitrogens is 1. The lowest BCUT2D eigenvalue weighted by Crippen LogP contribution is -2.47. The molecular weight excluding hydrogens is 420 g/mol.